The van der Waals surface area contributed by atoms with Crippen LogP contribution < -0.4 is 0 Å². The van der Waals surface area contributed by atoms with Gasteiger partial charge in [0.25, 0.3) is 0 Å². The summed E-state index contributed by atoms with van der Waals surface area (Å²) in [6.45, 7) is 2.76. The molecule has 0 aliphatic heterocycles. The van der Waals surface area contributed by atoms with Crippen LogP contribution >= 0.6 is 11.6 Å². The number of rotatable bonds is 5. The largest absolute Gasteiger partial charge is 0.305 e. The standard InChI is InChI=1S/C18H20ClN3O2S/c1-13(14-4-7-17(8-5-14)25(3,23)24)21(2)11-16-12-22-10-15(19)6-9-18(22)20-16/h4-10,12-13H,11H2,1-3H3. The molecule has 0 radical (unpaired) electrons. The van der Waals surface area contributed by atoms with Gasteiger partial charge in [0, 0.05) is 31.2 Å². The predicted molar refractivity (Wildman–Crippen MR) is 99.6 cm³/mol. The van der Waals surface area contributed by atoms with E-state index in [1.54, 1.807) is 12.1 Å². The molecular weight excluding hydrogens is 358 g/mol. The molecule has 1 atom stereocenters. The van der Waals surface area contributed by atoms with E-state index < -0.39 is 9.84 Å². The van der Waals surface area contributed by atoms with Crippen LogP contribution in [0.1, 0.15) is 24.2 Å². The van der Waals surface area contributed by atoms with E-state index in [1.165, 1.54) is 6.26 Å². The summed E-state index contributed by atoms with van der Waals surface area (Å²) in [5.74, 6) is 0. The van der Waals surface area contributed by atoms with E-state index in [-0.39, 0.29) is 6.04 Å². The lowest BCUT2D eigenvalue weighted by atomic mass is 10.1. The Labute approximate surface area is 152 Å². The average molecular weight is 378 g/mol. The first kappa shape index (κ1) is 17.9. The molecule has 0 bridgehead atoms. The molecule has 1 aromatic carbocycles. The predicted octanol–water partition coefficient (Wildman–Crippen LogP) is 3.58. The number of benzene rings is 1. The SMILES string of the molecule is CC(c1ccc(S(C)(=O)=O)cc1)N(C)Cc1cn2cc(Cl)ccc2n1. The summed E-state index contributed by atoms with van der Waals surface area (Å²) >= 11 is 6.01. The van der Waals surface area contributed by atoms with E-state index in [9.17, 15) is 8.42 Å². The first-order valence-corrected chi connectivity index (χ1v) is 10.1. The topological polar surface area (TPSA) is 54.7 Å². The molecule has 25 heavy (non-hydrogen) atoms. The Balaban J connectivity index is 1.76. The first-order chi connectivity index (χ1) is 11.7. The van der Waals surface area contributed by atoms with E-state index >= 15 is 0 Å². The van der Waals surface area contributed by atoms with Gasteiger partial charge in [-0.15, -0.1) is 0 Å². The average Bonchev–Trinajstić information content (AvgIpc) is 2.94. The van der Waals surface area contributed by atoms with Gasteiger partial charge in [0.1, 0.15) is 5.65 Å². The molecule has 0 spiro atoms. The van der Waals surface area contributed by atoms with Crippen molar-refractivity contribution >= 4 is 27.1 Å². The van der Waals surface area contributed by atoms with Gasteiger partial charge in [-0.3, -0.25) is 4.90 Å². The molecule has 0 saturated carbocycles. The Morgan fingerprint density at radius 3 is 2.48 bits per heavy atom. The van der Waals surface area contributed by atoms with Crippen LogP contribution in [0.3, 0.4) is 0 Å². The molecule has 0 amide bonds. The Hall–Kier alpha value is -1.89. The van der Waals surface area contributed by atoms with Gasteiger partial charge < -0.3 is 4.40 Å². The minimum Gasteiger partial charge on any atom is -0.305 e. The molecule has 5 nitrogen and oxygen atoms in total. The number of sulfone groups is 1. The highest BCUT2D eigenvalue weighted by molar-refractivity contribution is 7.90. The molecule has 3 aromatic rings. The van der Waals surface area contributed by atoms with Crippen LogP contribution in [0, 0.1) is 0 Å². The number of aromatic nitrogens is 2. The fourth-order valence-corrected chi connectivity index (χ4v) is 3.53. The van der Waals surface area contributed by atoms with Gasteiger partial charge in [-0.25, -0.2) is 13.4 Å². The van der Waals surface area contributed by atoms with Crippen LogP contribution in [0.4, 0.5) is 0 Å². The van der Waals surface area contributed by atoms with Gasteiger partial charge >= 0.3 is 0 Å². The smallest absolute Gasteiger partial charge is 0.175 e. The van der Waals surface area contributed by atoms with E-state index in [0.29, 0.717) is 16.5 Å². The van der Waals surface area contributed by atoms with Gasteiger partial charge in [-0.1, -0.05) is 23.7 Å². The minimum atomic E-state index is -3.17. The molecule has 1 unspecified atom stereocenters. The molecule has 132 valence electrons. The van der Waals surface area contributed by atoms with Crippen molar-refractivity contribution in [3.63, 3.8) is 0 Å². The van der Waals surface area contributed by atoms with E-state index in [0.717, 1.165) is 16.9 Å². The lowest BCUT2D eigenvalue weighted by Crippen LogP contribution is -2.22. The number of hydrogen-bond donors (Lipinski definition) is 0. The van der Waals surface area contributed by atoms with Crippen molar-refractivity contribution in [3.05, 3.63) is 65.1 Å². The summed E-state index contributed by atoms with van der Waals surface area (Å²) < 4.78 is 25.0. The van der Waals surface area contributed by atoms with Crippen molar-refractivity contribution in [1.82, 2.24) is 14.3 Å². The molecule has 2 heterocycles. The quantitative estimate of drug-likeness (QED) is 0.681. The molecule has 0 N–H and O–H groups in total. The third-order valence-corrected chi connectivity index (χ3v) is 5.68. The summed E-state index contributed by atoms with van der Waals surface area (Å²) in [6, 6.07) is 10.9. The number of imidazole rings is 1. The van der Waals surface area contributed by atoms with Crippen LogP contribution in [-0.4, -0.2) is 36.0 Å². The molecule has 3 rings (SSSR count). The van der Waals surface area contributed by atoms with Crippen molar-refractivity contribution < 1.29 is 8.42 Å². The van der Waals surface area contributed by atoms with Crippen molar-refractivity contribution in [3.8, 4) is 0 Å². The van der Waals surface area contributed by atoms with Crippen LogP contribution in [0.25, 0.3) is 5.65 Å². The number of halogens is 1. The third-order valence-electron chi connectivity index (χ3n) is 4.33. The summed E-state index contributed by atoms with van der Waals surface area (Å²) in [5.41, 5.74) is 2.86. The summed E-state index contributed by atoms with van der Waals surface area (Å²) in [5, 5.41) is 0.670. The van der Waals surface area contributed by atoms with E-state index in [1.807, 2.05) is 48.1 Å². The van der Waals surface area contributed by atoms with Gasteiger partial charge in [0.15, 0.2) is 9.84 Å². The van der Waals surface area contributed by atoms with Crippen LogP contribution in [-0.2, 0) is 16.4 Å². The Kier molecular flexibility index (Phi) is 4.86. The highest BCUT2D eigenvalue weighted by atomic mass is 35.5. The lowest BCUT2D eigenvalue weighted by molar-refractivity contribution is 0.250. The van der Waals surface area contributed by atoms with Crippen LogP contribution in [0.15, 0.2) is 53.7 Å². The minimum absolute atomic E-state index is 0.127. The van der Waals surface area contributed by atoms with Crippen LogP contribution in [0.5, 0.6) is 0 Å². The zero-order valence-electron chi connectivity index (χ0n) is 14.3. The highest BCUT2D eigenvalue weighted by Crippen LogP contribution is 2.22. The van der Waals surface area contributed by atoms with E-state index in [2.05, 4.69) is 16.8 Å². The van der Waals surface area contributed by atoms with Gasteiger partial charge in [0.05, 0.1) is 15.6 Å². The molecule has 0 fully saturated rings. The third kappa shape index (κ3) is 4.03. The molecule has 0 saturated heterocycles. The first-order valence-electron chi connectivity index (χ1n) is 7.87. The normalized spacial score (nSPS) is 13.5. The summed E-state index contributed by atoms with van der Waals surface area (Å²) in [6.07, 6.45) is 5.02. The second-order valence-corrected chi connectivity index (χ2v) is 8.73. The lowest BCUT2D eigenvalue weighted by Gasteiger charge is -2.24. The maximum atomic E-state index is 11.6. The number of hydrogen-bond acceptors (Lipinski definition) is 4. The second kappa shape index (κ2) is 6.78. The second-order valence-electron chi connectivity index (χ2n) is 6.28. The van der Waals surface area contributed by atoms with Crippen molar-refractivity contribution in [2.24, 2.45) is 0 Å². The zero-order chi connectivity index (χ0) is 18.2. The number of fused-ring (bicyclic) bond motifs is 1. The van der Waals surface area contributed by atoms with Gasteiger partial charge in [0.2, 0.25) is 0 Å². The molecule has 2 aromatic heterocycles. The fraction of sp³-hybridized carbons (Fsp3) is 0.278. The molecular formula is C18H20ClN3O2S. The van der Waals surface area contributed by atoms with Crippen LogP contribution in [0.2, 0.25) is 5.02 Å². The maximum absolute atomic E-state index is 11.6. The fourth-order valence-electron chi connectivity index (χ4n) is 2.73. The zero-order valence-corrected chi connectivity index (χ0v) is 15.9. The van der Waals surface area contributed by atoms with Gasteiger partial charge in [-0.2, -0.15) is 0 Å². The molecule has 0 aliphatic rings. The monoisotopic (exact) mass is 377 g/mol. The number of nitrogens with zero attached hydrogens (tertiary/aromatic N) is 3. The molecule has 0 aliphatic carbocycles. The Morgan fingerprint density at radius 2 is 1.84 bits per heavy atom. The van der Waals surface area contributed by atoms with Crippen molar-refractivity contribution in [2.45, 2.75) is 24.4 Å². The maximum Gasteiger partial charge on any atom is 0.175 e. The summed E-state index contributed by atoms with van der Waals surface area (Å²) in [4.78, 5) is 7.10. The highest BCUT2D eigenvalue weighted by Gasteiger charge is 2.15. The summed E-state index contributed by atoms with van der Waals surface area (Å²) in [7, 11) is -1.15. The Bertz CT molecular complexity index is 997. The van der Waals surface area contributed by atoms with Crippen molar-refractivity contribution in [1.29, 1.82) is 0 Å². The Morgan fingerprint density at radius 1 is 1.16 bits per heavy atom. The van der Waals surface area contributed by atoms with Gasteiger partial charge in [-0.05, 0) is 43.8 Å². The molecule has 7 heteroatoms. The number of pyridine rings is 1. The van der Waals surface area contributed by atoms with Crippen molar-refractivity contribution in [2.75, 3.05) is 13.3 Å². The van der Waals surface area contributed by atoms with E-state index in [4.69, 9.17) is 11.6 Å².